The maximum absolute atomic E-state index is 12.4. The predicted octanol–water partition coefficient (Wildman–Crippen LogP) is 4.47. The van der Waals surface area contributed by atoms with Gasteiger partial charge in [-0.05, 0) is 45.1 Å². The van der Waals surface area contributed by atoms with E-state index in [4.69, 9.17) is 17.3 Å². The third-order valence-corrected chi connectivity index (χ3v) is 5.34. The molecule has 1 amide bonds. The minimum Gasteiger partial charge on any atom is -0.403 e. The molecule has 3 rings (SSSR count). The second kappa shape index (κ2) is 14.4. The van der Waals surface area contributed by atoms with Gasteiger partial charge >= 0.3 is 0 Å². The van der Waals surface area contributed by atoms with E-state index in [-0.39, 0.29) is 11.9 Å². The Morgan fingerprint density at radius 3 is 2.82 bits per heavy atom. The van der Waals surface area contributed by atoms with Gasteiger partial charge in [-0.15, -0.1) is 0 Å². The Kier molecular flexibility index (Phi) is 10.7. The molecule has 0 saturated heterocycles. The number of nitrogens with two attached hydrogens (primary N) is 1. The van der Waals surface area contributed by atoms with Gasteiger partial charge in [0.25, 0.3) is 0 Å². The summed E-state index contributed by atoms with van der Waals surface area (Å²) in [5.41, 5.74) is 9.02. The van der Waals surface area contributed by atoms with E-state index >= 15 is 0 Å². The fraction of sp³-hybridized carbons (Fsp3) is 0.214. The number of amides is 1. The summed E-state index contributed by atoms with van der Waals surface area (Å²) in [6, 6.07) is 5.42. The van der Waals surface area contributed by atoms with Gasteiger partial charge in [-0.1, -0.05) is 47.7 Å². The Balaban J connectivity index is 1.92. The van der Waals surface area contributed by atoms with Crippen molar-refractivity contribution in [2.24, 2.45) is 10.7 Å². The van der Waals surface area contributed by atoms with Crippen LogP contribution >= 0.6 is 11.6 Å². The molecule has 10 heteroatoms. The van der Waals surface area contributed by atoms with Crippen molar-refractivity contribution in [3.05, 3.63) is 82.8 Å². The highest BCUT2D eigenvalue weighted by Gasteiger charge is 2.11. The summed E-state index contributed by atoms with van der Waals surface area (Å²) in [5.74, 6) is 6.80. The maximum Gasteiger partial charge on any atom is 0.248 e. The molecular formula is C28H31ClN8O. The first kappa shape index (κ1) is 28.2. The molecule has 9 nitrogen and oxygen atoms in total. The van der Waals surface area contributed by atoms with Crippen LogP contribution in [-0.2, 0) is 4.79 Å². The molecule has 1 aromatic heterocycles. The fourth-order valence-corrected chi connectivity index (χ4v) is 3.40. The normalized spacial score (nSPS) is 13.4. The van der Waals surface area contributed by atoms with Crippen LogP contribution in [0.25, 0.3) is 0 Å². The van der Waals surface area contributed by atoms with Crippen molar-refractivity contribution in [1.82, 2.24) is 14.9 Å². The molecule has 0 bridgehead atoms. The maximum atomic E-state index is 12.4. The summed E-state index contributed by atoms with van der Waals surface area (Å²) in [7, 11) is 5.50. The van der Waals surface area contributed by atoms with Gasteiger partial charge < -0.3 is 26.6 Å². The van der Waals surface area contributed by atoms with Crippen LogP contribution in [0.3, 0.4) is 0 Å². The molecule has 1 heterocycles. The molecule has 38 heavy (non-hydrogen) atoms. The number of allylic oxidation sites excluding steroid dienone is 5. The number of hydrogen-bond donors (Lipinski definition) is 4. The Hall–Kier alpha value is -4.39. The van der Waals surface area contributed by atoms with Gasteiger partial charge in [0.05, 0.1) is 17.6 Å². The number of likely N-dealkylation sites (N-methyl/N-ethyl adjacent to an activating group) is 1. The van der Waals surface area contributed by atoms with E-state index in [1.807, 2.05) is 31.1 Å². The average Bonchev–Trinajstić information content (AvgIpc) is 2.90. The average molecular weight is 531 g/mol. The van der Waals surface area contributed by atoms with E-state index in [0.29, 0.717) is 40.0 Å². The first-order valence-corrected chi connectivity index (χ1v) is 12.3. The van der Waals surface area contributed by atoms with Gasteiger partial charge in [-0.25, -0.2) is 4.98 Å². The molecule has 1 aliphatic rings. The second-order valence-electron chi connectivity index (χ2n) is 8.45. The molecule has 1 aliphatic carbocycles. The number of benzene rings is 1. The number of halogens is 1. The molecule has 196 valence electrons. The number of carbonyl (C=O) groups is 1. The van der Waals surface area contributed by atoms with E-state index < -0.39 is 0 Å². The number of carbonyl (C=O) groups excluding carboxylic acids is 1. The zero-order valence-electron chi connectivity index (χ0n) is 21.6. The summed E-state index contributed by atoms with van der Waals surface area (Å²) in [6.07, 6.45) is 15.9. The van der Waals surface area contributed by atoms with Crippen LogP contribution in [0.1, 0.15) is 18.4 Å². The zero-order valence-corrected chi connectivity index (χ0v) is 22.4. The van der Waals surface area contributed by atoms with Crippen LogP contribution < -0.4 is 21.7 Å². The van der Waals surface area contributed by atoms with Crippen molar-refractivity contribution in [2.75, 3.05) is 43.6 Å². The lowest BCUT2D eigenvalue weighted by Gasteiger charge is -2.13. The van der Waals surface area contributed by atoms with Crippen molar-refractivity contribution in [1.29, 1.82) is 0 Å². The Morgan fingerprint density at radius 1 is 1.26 bits per heavy atom. The highest BCUT2D eigenvalue weighted by molar-refractivity contribution is 6.33. The number of nitrogens with one attached hydrogen (secondary N) is 3. The second-order valence-corrected chi connectivity index (χ2v) is 8.86. The van der Waals surface area contributed by atoms with Crippen LogP contribution in [0, 0.1) is 11.8 Å². The Labute approximate surface area is 228 Å². The van der Waals surface area contributed by atoms with Crippen molar-refractivity contribution >= 4 is 46.9 Å². The van der Waals surface area contributed by atoms with Crippen molar-refractivity contribution in [3.63, 3.8) is 0 Å². The van der Waals surface area contributed by atoms with Crippen molar-refractivity contribution < 1.29 is 4.79 Å². The van der Waals surface area contributed by atoms with Crippen LogP contribution in [0.4, 0.5) is 23.1 Å². The van der Waals surface area contributed by atoms with Gasteiger partial charge in [0.15, 0.2) is 5.82 Å². The molecule has 0 radical (unpaired) electrons. The van der Waals surface area contributed by atoms with Gasteiger partial charge in [0, 0.05) is 48.9 Å². The number of aromatic nitrogens is 2. The Morgan fingerprint density at radius 2 is 2.11 bits per heavy atom. The number of hydrogen-bond acceptors (Lipinski definition) is 8. The number of nitrogens with zero attached hydrogens (tertiary/aromatic N) is 4. The predicted molar refractivity (Wildman–Crippen MR) is 157 cm³/mol. The zero-order chi connectivity index (χ0) is 27.3. The van der Waals surface area contributed by atoms with Gasteiger partial charge in [0.1, 0.15) is 5.02 Å². The van der Waals surface area contributed by atoms with Crippen LogP contribution in [0.2, 0.25) is 5.02 Å². The van der Waals surface area contributed by atoms with E-state index in [0.717, 1.165) is 18.4 Å². The first-order valence-electron chi connectivity index (χ1n) is 11.9. The molecule has 0 aliphatic heterocycles. The summed E-state index contributed by atoms with van der Waals surface area (Å²) < 4.78 is 0. The van der Waals surface area contributed by atoms with Crippen LogP contribution in [0.5, 0.6) is 0 Å². The lowest BCUT2D eigenvalue weighted by molar-refractivity contribution is -0.111. The molecule has 0 saturated carbocycles. The molecule has 0 unspecified atom stereocenters. The van der Waals surface area contributed by atoms with E-state index in [1.54, 1.807) is 31.5 Å². The van der Waals surface area contributed by atoms with Gasteiger partial charge in [-0.3, -0.25) is 9.79 Å². The van der Waals surface area contributed by atoms with E-state index in [2.05, 4.69) is 54.9 Å². The summed E-state index contributed by atoms with van der Waals surface area (Å²) >= 11 is 6.42. The number of anilines is 4. The minimum atomic E-state index is -0.237. The minimum absolute atomic E-state index is 0.237. The molecule has 5 N–H and O–H groups in total. The molecule has 0 atom stereocenters. The van der Waals surface area contributed by atoms with Gasteiger partial charge in [-0.2, -0.15) is 4.98 Å². The summed E-state index contributed by atoms with van der Waals surface area (Å²) in [4.78, 5) is 27.0. The molecule has 0 fully saturated rings. The third-order valence-electron chi connectivity index (χ3n) is 5.06. The molecule has 0 spiro atoms. The third kappa shape index (κ3) is 8.92. The van der Waals surface area contributed by atoms with Crippen LogP contribution in [-0.4, -0.2) is 54.7 Å². The summed E-state index contributed by atoms with van der Waals surface area (Å²) in [5, 5.41) is 9.41. The van der Waals surface area contributed by atoms with Crippen LogP contribution in [0.15, 0.2) is 77.2 Å². The quantitative estimate of drug-likeness (QED) is 0.214. The number of aliphatic imine (C=N–C) groups is 1. The number of rotatable bonds is 9. The first-order chi connectivity index (χ1) is 18.4. The summed E-state index contributed by atoms with van der Waals surface area (Å²) in [6.45, 7) is 0.660. The van der Waals surface area contributed by atoms with Crippen molar-refractivity contribution in [2.45, 2.75) is 12.8 Å². The monoisotopic (exact) mass is 530 g/mol. The fourth-order valence-electron chi connectivity index (χ4n) is 3.26. The molecule has 2 aromatic rings. The van der Waals surface area contributed by atoms with E-state index in [1.165, 1.54) is 18.5 Å². The highest BCUT2D eigenvalue weighted by atomic mass is 35.5. The van der Waals surface area contributed by atoms with E-state index in [9.17, 15) is 4.79 Å². The van der Waals surface area contributed by atoms with Gasteiger partial charge in [0.2, 0.25) is 11.9 Å². The lowest BCUT2D eigenvalue weighted by Crippen LogP contribution is -2.13. The highest BCUT2D eigenvalue weighted by Crippen LogP contribution is 2.28. The van der Waals surface area contributed by atoms with Crippen molar-refractivity contribution in [3.8, 4) is 11.8 Å². The largest absolute Gasteiger partial charge is 0.403 e. The molecular weight excluding hydrogens is 500 g/mol. The molecule has 1 aromatic carbocycles. The topological polar surface area (TPSA) is 121 Å². The standard InChI is InChI=1S/C28H31ClN8O/c1-31-18-23(17-30)34-28-32-19-24(29)27(36-28)35-25-16-22(33-26(38)10-7-15-37(2)3)14-13-21(25)12-11-20-8-5-4-6-9-20/h5,7-10,13-14,16-19H,4,6,15,30H2,1-3H3,(H,33,38)(H2,32,34,35,36)/b10-7+,23-17+,31-18?. The SMILES string of the molecule is CN=C/C(=C\N)Nc1ncc(Cl)c(Nc2cc(NC(=O)/C=C/CN(C)C)ccc2C#CC2=CCCC=C2)n1. The Bertz CT molecular complexity index is 1360. The lowest BCUT2D eigenvalue weighted by atomic mass is 10.1. The smallest absolute Gasteiger partial charge is 0.248 e.